The molecule has 6 N–H and O–H groups in total. The van der Waals surface area contributed by atoms with Crippen LogP contribution < -0.4 is 22.1 Å². The van der Waals surface area contributed by atoms with Crippen molar-refractivity contribution in [1.82, 2.24) is 20.4 Å². The largest absolute Gasteiger partial charge is 0.381 e. The first kappa shape index (κ1) is 41.2. The molecular weight excluding hydrogens is 741 g/mol. The highest BCUT2D eigenvalue weighted by molar-refractivity contribution is 5.92. The van der Waals surface area contributed by atoms with Crippen molar-refractivity contribution in [3.05, 3.63) is 106 Å². The molecule has 2 saturated heterocycles. The number of carbonyl (C=O) groups excluding carboxylic acids is 4. The number of likely N-dealkylation sites (tertiary alicyclic amines) is 1. The SMILES string of the molecule is CC(C)(C)[C@H](N)C(=O)N1CC(c2ccc3c(c2)CN(C(=O)C(N)C2CCOCC2)C(C(=O)NC2CCCc4ccccc42)C3)C[C@H]1C(=O)NC1CCCc2ccccc21. The zero-order chi connectivity index (χ0) is 41.4. The number of benzene rings is 3. The first-order chi connectivity index (χ1) is 28.4. The standard InChI is InChI=1S/C48H62N6O5/c1-48(2,3)43(50)47(58)54-28-35(26-41(54)45(56)52-39-17-9-13-30-11-5-7-15-37(30)39)32-18-19-33-25-40(44(55)51-38-16-8-12-29-10-4-6-14-36(29)38)53(27-34(33)24-32)46(57)42(49)31-20-22-59-23-21-31/h4-7,10-11,14-15,18-19,24,31,35,38-43H,8-9,12-13,16-17,20-23,25-28,49-50H2,1-3H3,(H,51,55)(H,52,56)/t35?,38?,39?,40?,41-,42?,43+/m0/s1. The number of amides is 4. The van der Waals surface area contributed by atoms with E-state index in [0.29, 0.717) is 45.4 Å². The zero-order valence-corrected chi connectivity index (χ0v) is 35.0. The molecule has 2 aliphatic carbocycles. The summed E-state index contributed by atoms with van der Waals surface area (Å²) in [6.07, 6.45) is 7.87. The lowest BCUT2D eigenvalue weighted by molar-refractivity contribution is -0.144. The molecule has 3 aromatic rings. The normalized spacial score (nSPS) is 25.5. The lowest BCUT2D eigenvalue weighted by Gasteiger charge is -2.40. The number of aryl methyl sites for hydroxylation is 2. The summed E-state index contributed by atoms with van der Waals surface area (Å²) in [6.45, 7) is 7.57. The molecule has 0 radical (unpaired) electrons. The van der Waals surface area contributed by atoms with Crippen molar-refractivity contribution >= 4 is 23.6 Å². The summed E-state index contributed by atoms with van der Waals surface area (Å²) >= 11 is 0. The molecule has 8 rings (SSSR count). The molecule has 4 amide bonds. The van der Waals surface area contributed by atoms with E-state index in [-0.39, 0.29) is 54.1 Å². The Kier molecular flexibility index (Phi) is 12.0. The topological polar surface area (TPSA) is 160 Å². The number of nitrogens with two attached hydrogens (primary N) is 2. The number of rotatable bonds is 8. The number of hydrogen-bond acceptors (Lipinski definition) is 7. The molecule has 0 aromatic heterocycles. The number of nitrogens with zero attached hydrogens (tertiary/aromatic N) is 2. The van der Waals surface area contributed by atoms with Gasteiger partial charge in [0, 0.05) is 38.6 Å². The summed E-state index contributed by atoms with van der Waals surface area (Å²) in [5.41, 5.74) is 20.6. The van der Waals surface area contributed by atoms with E-state index < -0.39 is 29.6 Å². The van der Waals surface area contributed by atoms with Crippen LogP contribution >= 0.6 is 0 Å². The van der Waals surface area contributed by atoms with Crippen molar-refractivity contribution in [3.8, 4) is 0 Å². The molecule has 5 aliphatic rings. The van der Waals surface area contributed by atoms with E-state index in [0.717, 1.165) is 66.3 Å². The molecule has 2 fully saturated rings. The van der Waals surface area contributed by atoms with Gasteiger partial charge in [0.1, 0.15) is 12.1 Å². The third-order valence-corrected chi connectivity index (χ3v) is 13.9. The van der Waals surface area contributed by atoms with Gasteiger partial charge in [-0.05, 0) is 108 Å². The van der Waals surface area contributed by atoms with Gasteiger partial charge in [0.25, 0.3) is 0 Å². The quantitative estimate of drug-likeness (QED) is 0.246. The van der Waals surface area contributed by atoms with Gasteiger partial charge in [-0.3, -0.25) is 19.2 Å². The molecule has 314 valence electrons. The second kappa shape index (κ2) is 17.2. The van der Waals surface area contributed by atoms with Gasteiger partial charge in [-0.2, -0.15) is 0 Å². The second-order valence-electron chi connectivity index (χ2n) is 18.8. The van der Waals surface area contributed by atoms with Crippen molar-refractivity contribution < 1.29 is 23.9 Å². The minimum atomic E-state index is -0.778. The minimum absolute atomic E-state index is 0.0236. The van der Waals surface area contributed by atoms with E-state index in [9.17, 15) is 19.2 Å². The minimum Gasteiger partial charge on any atom is -0.381 e. The van der Waals surface area contributed by atoms with Gasteiger partial charge in [0.15, 0.2) is 0 Å². The van der Waals surface area contributed by atoms with Gasteiger partial charge in [0.2, 0.25) is 23.6 Å². The second-order valence-corrected chi connectivity index (χ2v) is 18.8. The Morgan fingerprint density at radius 1 is 0.712 bits per heavy atom. The van der Waals surface area contributed by atoms with Crippen LogP contribution in [0.15, 0.2) is 66.7 Å². The van der Waals surface area contributed by atoms with Crippen molar-refractivity contribution in [2.45, 2.75) is 134 Å². The van der Waals surface area contributed by atoms with Crippen LogP contribution in [0.2, 0.25) is 0 Å². The van der Waals surface area contributed by atoms with Crippen LogP contribution in [0.3, 0.4) is 0 Å². The third-order valence-electron chi connectivity index (χ3n) is 13.9. The summed E-state index contributed by atoms with van der Waals surface area (Å²) in [5.74, 6) is -0.919. The fourth-order valence-corrected chi connectivity index (χ4v) is 10.3. The maximum Gasteiger partial charge on any atom is 0.243 e. The zero-order valence-electron chi connectivity index (χ0n) is 35.0. The number of nitrogens with one attached hydrogen (secondary N) is 2. The van der Waals surface area contributed by atoms with Crippen molar-refractivity contribution in [2.75, 3.05) is 19.8 Å². The van der Waals surface area contributed by atoms with Gasteiger partial charge in [-0.15, -0.1) is 0 Å². The Morgan fingerprint density at radius 2 is 1.31 bits per heavy atom. The van der Waals surface area contributed by atoms with E-state index in [1.807, 2.05) is 45.0 Å². The van der Waals surface area contributed by atoms with Crippen LogP contribution in [0.5, 0.6) is 0 Å². The number of fused-ring (bicyclic) bond motifs is 3. The van der Waals surface area contributed by atoms with Crippen molar-refractivity contribution in [3.63, 3.8) is 0 Å². The average molecular weight is 803 g/mol. The van der Waals surface area contributed by atoms with Crippen molar-refractivity contribution in [1.29, 1.82) is 0 Å². The molecule has 3 heterocycles. The van der Waals surface area contributed by atoms with Gasteiger partial charge in [-0.25, -0.2) is 0 Å². The van der Waals surface area contributed by atoms with Crippen LogP contribution in [0.4, 0.5) is 0 Å². The first-order valence-corrected chi connectivity index (χ1v) is 21.9. The summed E-state index contributed by atoms with van der Waals surface area (Å²) in [7, 11) is 0. The molecule has 11 heteroatoms. The molecule has 3 aromatic carbocycles. The van der Waals surface area contributed by atoms with Crippen LogP contribution in [0, 0.1) is 11.3 Å². The molecule has 3 aliphatic heterocycles. The van der Waals surface area contributed by atoms with Crippen LogP contribution in [0.1, 0.15) is 123 Å². The average Bonchev–Trinajstić information content (AvgIpc) is 3.71. The van der Waals surface area contributed by atoms with E-state index in [2.05, 4.69) is 53.1 Å². The smallest absolute Gasteiger partial charge is 0.243 e. The van der Waals surface area contributed by atoms with E-state index in [4.69, 9.17) is 16.2 Å². The number of hydrogen-bond donors (Lipinski definition) is 4. The van der Waals surface area contributed by atoms with Crippen LogP contribution in [0.25, 0.3) is 0 Å². The molecule has 0 spiro atoms. The monoisotopic (exact) mass is 802 g/mol. The Labute approximate surface area is 349 Å². The van der Waals surface area contributed by atoms with E-state index in [1.165, 1.54) is 11.1 Å². The predicted octanol–water partition coefficient (Wildman–Crippen LogP) is 5.14. The predicted molar refractivity (Wildman–Crippen MR) is 227 cm³/mol. The lowest BCUT2D eigenvalue weighted by Crippen LogP contribution is -2.58. The molecule has 0 bridgehead atoms. The fourth-order valence-electron chi connectivity index (χ4n) is 10.3. The molecule has 5 unspecified atom stereocenters. The number of carbonyl (C=O) groups is 4. The van der Waals surface area contributed by atoms with E-state index in [1.54, 1.807) is 9.80 Å². The van der Waals surface area contributed by atoms with E-state index >= 15 is 0 Å². The molecule has 59 heavy (non-hydrogen) atoms. The summed E-state index contributed by atoms with van der Waals surface area (Å²) in [5, 5.41) is 6.67. The Morgan fingerprint density at radius 3 is 1.92 bits per heavy atom. The fraction of sp³-hybridized carbons (Fsp3) is 0.542. The van der Waals surface area contributed by atoms with Gasteiger partial charge in [-0.1, -0.05) is 87.5 Å². The maximum absolute atomic E-state index is 14.5. The Hall–Kier alpha value is -4.58. The lowest BCUT2D eigenvalue weighted by atomic mass is 9.85. The summed E-state index contributed by atoms with van der Waals surface area (Å²) < 4.78 is 5.58. The summed E-state index contributed by atoms with van der Waals surface area (Å²) in [4.78, 5) is 60.7. The molecular formula is C48H62N6O5. The Bertz CT molecular complexity index is 2060. The molecule has 7 atom stereocenters. The Balaban J connectivity index is 1.06. The highest BCUT2D eigenvalue weighted by Gasteiger charge is 2.45. The third kappa shape index (κ3) is 8.56. The van der Waals surface area contributed by atoms with Crippen LogP contribution in [-0.2, 0) is 49.7 Å². The van der Waals surface area contributed by atoms with Crippen molar-refractivity contribution in [2.24, 2.45) is 22.8 Å². The highest BCUT2D eigenvalue weighted by atomic mass is 16.5. The van der Waals surface area contributed by atoms with Gasteiger partial charge in [0.05, 0.1) is 24.2 Å². The van der Waals surface area contributed by atoms with Gasteiger partial charge < -0.3 is 36.6 Å². The maximum atomic E-state index is 14.5. The molecule has 11 nitrogen and oxygen atoms in total. The van der Waals surface area contributed by atoms with Crippen LogP contribution in [-0.4, -0.2) is 77.4 Å². The molecule has 0 saturated carbocycles. The first-order valence-electron chi connectivity index (χ1n) is 21.9. The van der Waals surface area contributed by atoms with Gasteiger partial charge >= 0.3 is 0 Å². The summed E-state index contributed by atoms with van der Waals surface area (Å²) in [6, 6.07) is 19.7. The highest BCUT2D eigenvalue weighted by Crippen LogP contribution is 2.38. The number of ether oxygens (including phenoxy) is 1.